The van der Waals surface area contributed by atoms with E-state index in [-0.39, 0.29) is 11.9 Å². The zero-order valence-corrected chi connectivity index (χ0v) is 8.28. The maximum atomic E-state index is 11.8. The van der Waals surface area contributed by atoms with Gasteiger partial charge in [-0.3, -0.25) is 4.79 Å². The van der Waals surface area contributed by atoms with Crippen molar-refractivity contribution in [2.45, 2.75) is 31.7 Å². The number of nitrogens with zero attached hydrogens (tertiary/aromatic N) is 1. The Kier molecular flexibility index (Phi) is 2.68. The molecule has 0 aromatic carbocycles. The minimum absolute atomic E-state index is 0.0778. The van der Waals surface area contributed by atoms with Gasteiger partial charge in [0.1, 0.15) is 0 Å². The molecule has 1 aliphatic carbocycles. The summed E-state index contributed by atoms with van der Waals surface area (Å²) in [5, 5.41) is 0. The van der Waals surface area contributed by atoms with Crippen molar-refractivity contribution in [1.82, 2.24) is 4.90 Å². The lowest BCUT2D eigenvalue weighted by atomic mass is 10.0. The molecule has 3 nitrogen and oxygen atoms in total. The number of carbonyl (C=O) groups is 1. The van der Waals surface area contributed by atoms with Crippen molar-refractivity contribution in [1.29, 1.82) is 0 Å². The number of rotatable bonds is 1. The summed E-state index contributed by atoms with van der Waals surface area (Å²) in [4.78, 5) is 13.6. The summed E-state index contributed by atoms with van der Waals surface area (Å²) < 4.78 is 0. The number of carbonyl (C=O) groups excluding carboxylic acids is 1. The zero-order valence-electron chi connectivity index (χ0n) is 8.28. The summed E-state index contributed by atoms with van der Waals surface area (Å²) in [5.41, 5.74) is 6.77. The summed E-state index contributed by atoms with van der Waals surface area (Å²) in [6.07, 6.45) is 10.2. The van der Waals surface area contributed by atoms with E-state index < -0.39 is 0 Å². The molecule has 1 amide bonds. The molecular weight excluding hydrogens is 176 g/mol. The van der Waals surface area contributed by atoms with E-state index in [0.717, 1.165) is 37.9 Å². The standard InChI is InChI=1S/C11H16N2O/c12-10-7-4-8-13(11(10)14)9-5-2-1-3-6-9/h2,5-6,10H,1,3-4,7-8,12H2. The molecule has 0 bridgehead atoms. The summed E-state index contributed by atoms with van der Waals surface area (Å²) in [6, 6.07) is -0.292. The molecule has 0 aromatic heterocycles. The number of nitrogens with two attached hydrogens (primary N) is 1. The Bertz CT molecular complexity index is 294. The molecule has 0 aromatic rings. The first kappa shape index (κ1) is 9.46. The lowest BCUT2D eigenvalue weighted by Crippen LogP contribution is -2.47. The highest BCUT2D eigenvalue weighted by Gasteiger charge is 2.27. The lowest BCUT2D eigenvalue weighted by molar-refractivity contribution is -0.132. The first-order valence-electron chi connectivity index (χ1n) is 5.23. The second kappa shape index (κ2) is 3.96. The molecule has 1 fully saturated rings. The van der Waals surface area contributed by atoms with Crippen molar-refractivity contribution in [2.75, 3.05) is 6.54 Å². The van der Waals surface area contributed by atoms with E-state index in [1.807, 2.05) is 11.0 Å². The van der Waals surface area contributed by atoms with Gasteiger partial charge in [-0.15, -0.1) is 0 Å². The highest BCUT2D eigenvalue weighted by atomic mass is 16.2. The second-order valence-corrected chi connectivity index (χ2v) is 3.85. The Morgan fingerprint density at radius 2 is 2.29 bits per heavy atom. The Morgan fingerprint density at radius 1 is 1.43 bits per heavy atom. The van der Waals surface area contributed by atoms with Crippen LogP contribution >= 0.6 is 0 Å². The van der Waals surface area contributed by atoms with E-state index >= 15 is 0 Å². The Labute approximate surface area is 84.3 Å². The summed E-state index contributed by atoms with van der Waals surface area (Å²) in [7, 11) is 0. The molecule has 0 saturated carbocycles. The van der Waals surface area contributed by atoms with Gasteiger partial charge < -0.3 is 10.6 Å². The first-order chi connectivity index (χ1) is 6.79. The minimum Gasteiger partial charge on any atom is -0.320 e. The topological polar surface area (TPSA) is 46.3 Å². The van der Waals surface area contributed by atoms with Gasteiger partial charge in [0.05, 0.1) is 6.04 Å². The molecule has 1 heterocycles. The number of hydrogen-bond donors (Lipinski definition) is 1. The summed E-state index contributed by atoms with van der Waals surface area (Å²) >= 11 is 0. The third-order valence-corrected chi connectivity index (χ3v) is 2.77. The highest BCUT2D eigenvalue weighted by molar-refractivity contribution is 5.84. The van der Waals surface area contributed by atoms with Gasteiger partial charge in [0.25, 0.3) is 0 Å². The molecule has 1 aliphatic heterocycles. The van der Waals surface area contributed by atoms with Gasteiger partial charge in [0.2, 0.25) is 5.91 Å². The highest BCUT2D eigenvalue weighted by Crippen LogP contribution is 2.20. The molecule has 1 saturated heterocycles. The monoisotopic (exact) mass is 192 g/mol. The Hall–Kier alpha value is -1.09. The number of piperidine rings is 1. The van der Waals surface area contributed by atoms with Crippen molar-refractivity contribution < 1.29 is 4.79 Å². The van der Waals surface area contributed by atoms with E-state index in [2.05, 4.69) is 12.2 Å². The van der Waals surface area contributed by atoms with Crippen LogP contribution in [0, 0.1) is 0 Å². The number of hydrogen-bond acceptors (Lipinski definition) is 2. The molecular formula is C11H16N2O. The zero-order chi connectivity index (χ0) is 9.97. The Balaban J connectivity index is 2.12. The van der Waals surface area contributed by atoms with E-state index in [1.165, 1.54) is 0 Å². The van der Waals surface area contributed by atoms with Crippen LogP contribution in [0.3, 0.4) is 0 Å². The number of allylic oxidation sites excluding steroid dienone is 3. The van der Waals surface area contributed by atoms with Gasteiger partial charge in [-0.05, 0) is 31.8 Å². The molecule has 0 spiro atoms. The van der Waals surface area contributed by atoms with Crippen LogP contribution in [-0.4, -0.2) is 23.4 Å². The predicted octanol–water partition coefficient (Wildman–Crippen LogP) is 1.17. The van der Waals surface area contributed by atoms with Crippen LogP contribution in [-0.2, 0) is 4.79 Å². The van der Waals surface area contributed by atoms with Crippen LogP contribution < -0.4 is 5.73 Å². The normalized spacial score (nSPS) is 27.8. The quantitative estimate of drug-likeness (QED) is 0.678. The van der Waals surface area contributed by atoms with Crippen molar-refractivity contribution in [3.63, 3.8) is 0 Å². The molecule has 14 heavy (non-hydrogen) atoms. The third kappa shape index (κ3) is 1.73. The maximum Gasteiger partial charge on any atom is 0.243 e. The van der Waals surface area contributed by atoms with Gasteiger partial charge in [0.15, 0.2) is 0 Å². The van der Waals surface area contributed by atoms with E-state index in [4.69, 9.17) is 5.73 Å². The van der Waals surface area contributed by atoms with Crippen LogP contribution in [0.1, 0.15) is 25.7 Å². The summed E-state index contributed by atoms with van der Waals surface area (Å²) in [6.45, 7) is 0.822. The smallest absolute Gasteiger partial charge is 0.243 e. The van der Waals surface area contributed by atoms with E-state index in [0.29, 0.717) is 0 Å². The van der Waals surface area contributed by atoms with Crippen LogP contribution in [0.4, 0.5) is 0 Å². The van der Waals surface area contributed by atoms with E-state index in [1.54, 1.807) is 0 Å². The second-order valence-electron chi connectivity index (χ2n) is 3.85. The van der Waals surface area contributed by atoms with Crippen molar-refractivity contribution in [2.24, 2.45) is 5.73 Å². The van der Waals surface area contributed by atoms with Gasteiger partial charge >= 0.3 is 0 Å². The average molecular weight is 192 g/mol. The summed E-state index contributed by atoms with van der Waals surface area (Å²) in [5.74, 6) is 0.0778. The molecule has 0 radical (unpaired) electrons. The largest absolute Gasteiger partial charge is 0.320 e. The van der Waals surface area contributed by atoms with Crippen LogP contribution in [0.15, 0.2) is 23.9 Å². The van der Waals surface area contributed by atoms with Crippen molar-refractivity contribution in [3.8, 4) is 0 Å². The minimum atomic E-state index is -0.292. The van der Waals surface area contributed by atoms with Gasteiger partial charge in [-0.25, -0.2) is 0 Å². The molecule has 1 unspecified atom stereocenters. The van der Waals surface area contributed by atoms with Crippen LogP contribution in [0.25, 0.3) is 0 Å². The maximum absolute atomic E-state index is 11.8. The number of likely N-dealkylation sites (tertiary alicyclic amines) is 1. The third-order valence-electron chi connectivity index (χ3n) is 2.77. The average Bonchev–Trinajstić information content (AvgIpc) is 2.23. The lowest BCUT2D eigenvalue weighted by Gasteiger charge is -2.31. The molecule has 1 atom stereocenters. The van der Waals surface area contributed by atoms with Crippen LogP contribution in [0.2, 0.25) is 0 Å². The number of amides is 1. The van der Waals surface area contributed by atoms with Gasteiger partial charge in [-0.1, -0.05) is 12.2 Å². The first-order valence-corrected chi connectivity index (χ1v) is 5.23. The molecule has 3 heteroatoms. The fraction of sp³-hybridized carbons (Fsp3) is 0.545. The van der Waals surface area contributed by atoms with Gasteiger partial charge in [0, 0.05) is 12.2 Å². The van der Waals surface area contributed by atoms with Crippen molar-refractivity contribution in [3.05, 3.63) is 23.9 Å². The van der Waals surface area contributed by atoms with Crippen LogP contribution in [0.5, 0.6) is 0 Å². The van der Waals surface area contributed by atoms with Crippen molar-refractivity contribution >= 4 is 5.91 Å². The van der Waals surface area contributed by atoms with E-state index in [9.17, 15) is 4.79 Å². The Morgan fingerprint density at radius 3 is 3.00 bits per heavy atom. The molecule has 2 rings (SSSR count). The molecule has 2 aliphatic rings. The fourth-order valence-electron chi connectivity index (χ4n) is 1.96. The fourth-order valence-corrected chi connectivity index (χ4v) is 1.96. The predicted molar refractivity (Wildman–Crippen MR) is 55.4 cm³/mol. The van der Waals surface area contributed by atoms with Gasteiger partial charge in [-0.2, -0.15) is 0 Å². The SMILES string of the molecule is NC1CCCN(C2=CCCC=C2)C1=O. The molecule has 76 valence electrons. The molecule has 2 N–H and O–H groups in total.